The second-order valence-corrected chi connectivity index (χ2v) is 29.5. The molecular weight excluding hydrogens is 947 g/mol. The molecule has 4 aromatic rings. The largest absolute Gasteiger partial charge is 0.279 e. The Balaban J connectivity index is 1.48. The zero-order chi connectivity index (χ0) is 55.4. The van der Waals surface area contributed by atoms with Crippen molar-refractivity contribution in [1.82, 2.24) is 5.01 Å². The van der Waals surface area contributed by atoms with Crippen LogP contribution in [0.3, 0.4) is 0 Å². The van der Waals surface area contributed by atoms with Gasteiger partial charge in [0.15, 0.2) is 0 Å². The molecule has 0 saturated carbocycles. The number of aryl methyl sites for hydroxylation is 2. The van der Waals surface area contributed by atoms with E-state index < -0.39 is 8.07 Å². The Morgan fingerprint density at radius 1 is 0.364 bits per heavy atom. The molecule has 0 fully saturated rings. The van der Waals surface area contributed by atoms with E-state index in [0.717, 1.165) is 42.7 Å². The lowest BCUT2D eigenvalue weighted by atomic mass is 9.96. The van der Waals surface area contributed by atoms with Crippen LogP contribution in [0, 0.1) is 23.3 Å². The highest BCUT2D eigenvalue weighted by Crippen LogP contribution is 2.41. The summed E-state index contributed by atoms with van der Waals surface area (Å²) in [5, 5.41) is 10.9. The van der Waals surface area contributed by atoms with Crippen molar-refractivity contribution in [3.8, 4) is 45.6 Å². The first-order valence-electron chi connectivity index (χ1n) is 32.2. The summed E-state index contributed by atoms with van der Waals surface area (Å²) in [5.74, 6) is 11.0. The van der Waals surface area contributed by atoms with Gasteiger partial charge in [-0.05, 0) is 138 Å². The van der Waals surface area contributed by atoms with Crippen LogP contribution in [0.5, 0.6) is 0 Å². The van der Waals surface area contributed by atoms with Gasteiger partial charge in [0, 0.05) is 29.8 Å². The van der Waals surface area contributed by atoms with Crippen molar-refractivity contribution in [2.75, 3.05) is 13.1 Å². The molecule has 4 rings (SSSR count). The molecule has 0 aromatic heterocycles. The molecule has 3 nitrogen and oxygen atoms in total. The maximum Gasteiger partial charge on any atom is 0.146 e. The van der Waals surface area contributed by atoms with E-state index in [1.165, 1.54) is 219 Å². The van der Waals surface area contributed by atoms with Gasteiger partial charge in [-0.25, -0.2) is 0 Å². The van der Waals surface area contributed by atoms with E-state index in [1.807, 2.05) is 5.01 Å². The maximum atomic E-state index is 4.51. The molecule has 0 bridgehead atoms. The summed E-state index contributed by atoms with van der Waals surface area (Å²) >= 11 is 0. The summed E-state index contributed by atoms with van der Waals surface area (Å²) in [5.41, 5.74) is 17.7. The van der Waals surface area contributed by atoms with Crippen LogP contribution < -0.4 is 0 Å². The van der Waals surface area contributed by atoms with E-state index in [9.17, 15) is 0 Å². The summed E-state index contributed by atoms with van der Waals surface area (Å²) in [6.45, 7) is 25.0. The number of benzene rings is 4. The Kier molecular flexibility index (Phi) is 33.0. The van der Waals surface area contributed by atoms with Gasteiger partial charge in [-0.1, -0.05) is 282 Å². The third-order valence-corrected chi connectivity index (χ3v) is 23.0. The standard InChI is InChI=1S/C73H111N3Si/c1-11-15-17-19-21-23-25-27-29-31-33-35-37-39-41-65-55-67(59-71(57-65)70-49-51-73(52-50-70)74-75-76(13-3)14-4)44-43-64-45-47-69(48-46-64)72-58-66(42-40-38-36-34-32-30-28-26-24-22-20-18-16-12-2)56-68(60-72)53-54-77(61(5)6,62(7)8)63(9)10/h45-52,55-63H,11-42H2,1-10H3. The molecular formula is C73H111N3Si. The first-order valence-corrected chi connectivity index (χ1v) is 34.5. The van der Waals surface area contributed by atoms with Gasteiger partial charge in [0.05, 0.1) is 5.69 Å². The normalized spacial score (nSPS) is 11.7. The molecule has 0 heterocycles. The monoisotopic (exact) mass is 1060 g/mol. The van der Waals surface area contributed by atoms with Gasteiger partial charge < -0.3 is 0 Å². The first kappa shape index (κ1) is 65.1. The SMILES string of the molecule is CCCCCCCCCCCCCCCCc1cc(C#C[Si](C(C)C)(C(C)C)C(C)C)cc(-c2ccc(C#Cc3cc(CCCCCCCCCCCCCCCC)cc(-c4ccc(N=NN(CC)CC)cc4)c3)cc2)c1. The Morgan fingerprint density at radius 2 is 0.701 bits per heavy atom. The van der Waals surface area contributed by atoms with Crippen LogP contribution in [0.4, 0.5) is 5.69 Å². The minimum atomic E-state index is -1.88. The van der Waals surface area contributed by atoms with Crippen molar-refractivity contribution in [3.63, 3.8) is 0 Å². The Morgan fingerprint density at radius 3 is 1.06 bits per heavy atom. The fraction of sp³-hybridized carbons (Fsp3) is 0.616. The van der Waals surface area contributed by atoms with Crippen LogP contribution in [0.1, 0.15) is 277 Å². The molecule has 0 N–H and O–H groups in total. The maximum absolute atomic E-state index is 4.51. The highest BCUT2D eigenvalue weighted by Gasteiger charge is 2.41. The predicted octanol–water partition coefficient (Wildman–Crippen LogP) is 23.4. The third-order valence-electron chi connectivity index (χ3n) is 16.7. The zero-order valence-electron chi connectivity index (χ0n) is 51.3. The fourth-order valence-electron chi connectivity index (χ4n) is 11.9. The summed E-state index contributed by atoms with van der Waals surface area (Å²) in [7, 11) is -1.88. The molecule has 4 heteroatoms. The number of nitrogens with zero attached hydrogens (tertiary/aromatic N) is 3. The molecule has 0 aliphatic rings. The summed E-state index contributed by atoms with van der Waals surface area (Å²) in [4.78, 5) is 0. The van der Waals surface area contributed by atoms with Gasteiger partial charge in [-0.3, -0.25) is 5.01 Å². The van der Waals surface area contributed by atoms with Crippen molar-refractivity contribution in [2.24, 2.45) is 10.3 Å². The quantitative estimate of drug-likeness (QED) is 0.0144. The van der Waals surface area contributed by atoms with E-state index in [0.29, 0.717) is 16.6 Å². The molecule has 4 aromatic carbocycles. The van der Waals surface area contributed by atoms with Crippen molar-refractivity contribution in [3.05, 3.63) is 113 Å². The average Bonchev–Trinajstić information content (AvgIpc) is 3.43. The molecule has 0 aliphatic carbocycles. The molecule has 0 unspecified atom stereocenters. The van der Waals surface area contributed by atoms with Crippen LogP contribution in [0.25, 0.3) is 22.3 Å². The third kappa shape index (κ3) is 25.1. The van der Waals surface area contributed by atoms with Crippen LogP contribution in [-0.4, -0.2) is 26.2 Å². The summed E-state index contributed by atoms with van der Waals surface area (Å²) < 4.78 is 0. The number of unbranched alkanes of at least 4 members (excludes halogenated alkanes) is 26. The van der Waals surface area contributed by atoms with Crippen LogP contribution in [0.2, 0.25) is 16.6 Å². The van der Waals surface area contributed by atoms with Crippen LogP contribution >= 0.6 is 0 Å². The highest BCUT2D eigenvalue weighted by atomic mass is 28.3. The number of hydrogen-bond donors (Lipinski definition) is 0. The lowest BCUT2D eigenvalue weighted by molar-refractivity contribution is 0.301. The van der Waals surface area contributed by atoms with Gasteiger partial charge in [0.1, 0.15) is 8.07 Å². The summed E-state index contributed by atoms with van der Waals surface area (Å²) in [6.07, 6.45) is 40.9. The molecule has 0 amide bonds. The number of rotatable bonds is 39. The molecule has 422 valence electrons. The molecule has 0 radical (unpaired) electrons. The van der Waals surface area contributed by atoms with Crippen molar-refractivity contribution < 1.29 is 0 Å². The van der Waals surface area contributed by atoms with E-state index in [-0.39, 0.29) is 0 Å². The molecule has 0 saturated heterocycles. The topological polar surface area (TPSA) is 28.0 Å². The predicted molar refractivity (Wildman–Crippen MR) is 343 cm³/mol. The van der Waals surface area contributed by atoms with Crippen LogP contribution in [-0.2, 0) is 12.8 Å². The molecule has 0 aliphatic heterocycles. The lowest BCUT2D eigenvalue weighted by Crippen LogP contribution is -2.43. The molecule has 0 spiro atoms. The van der Waals surface area contributed by atoms with Gasteiger partial charge in [0.2, 0.25) is 0 Å². The second kappa shape index (κ2) is 39.1. The van der Waals surface area contributed by atoms with E-state index in [1.54, 1.807) is 0 Å². The minimum absolute atomic E-state index is 0.608. The Labute approximate surface area is 476 Å². The molecule has 0 atom stereocenters. The van der Waals surface area contributed by atoms with Gasteiger partial charge in [-0.15, -0.1) is 10.7 Å². The highest BCUT2D eigenvalue weighted by molar-refractivity contribution is 6.90. The smallest absolute Gasteiger partial charge is 0.146 e. The van der Waals surface area contributed by atoms with Crippen LogP contribution in [0.15, 0.2) is 95.3 Å². The van der Waals surface area contributed by atoms with Crippen molar-refractivity contribution in [2.45, 2.75) is 278 Å². The van der Waals surface area contributed by atoms with E-state index in [2.05, 4.69) is 188 Å². The molecule has 77 heavy (non-hydrogen) atoms. The van der Waals surface area contributed by atoms with E-state index in [4.69, 9.17) is 0 Å². The Bertz CT molecular complexity index is 2310. The fourth-order valence-corrected chi connectivity index (χ4v) is 17.1. The minimum Gasteiger partial charge on any atom is -0.279 e. The lowest BCUT2D eigenvalue weighted by Gasteiger charge is -2.38. The summed E-state index contributed by atoms with van der Waals surface area (Å²) in [6, 6.07) is 31.7. The van der Waals surface area contributed by atoms with E-state index >= 15 is 0 Å². The Hall–Kier alpha value is -4.38. The van der Waals surface area contributed by atoms with Gasteiger partial charge in [0.25, 0.3) is 0 Å². The number of hydrogen-bond acceptors (Lipinski definition) is 2. The zero-order valence-corrected chi connectivity index (χ0v) is 52.3. The van der Waals surface area contributed by atoms with Gasteiger partial charge in [-0.2, -0.15) is 0 Å². The first-order chi connectivity index (χ1) is 37.5. The van der Waals surface area contributed by atoms with Crippen molar-refractivity contribution in [1.29, 1.82) is 0 Å². The van der Waals surface area contributed by atoms with Gasteiger partial charge >= 0.3 is 0 Å². The second-order valence-electron chi connectivity index (χ2n) is 23.9. The average molecular weight is 1060 g/mol. The van der Waals surface area contributed by atoms with Crippen molar-refractivity contribution >= 4 is 13.8 Å².